The van der Waals surface area contributed by atoms with Gasteiger partial charge in [-0.05, 0) is 35.7 Å². The van der Waals surface area contributed by atoms with E-state index in [4.69, 9.17) is 21.1 Å². The van der Waals surface area contributed by atoms with Crippen LogP contribution in [0.25, 0.3) is 0 Å². The van der Waals surface area contributed by atoms with E-state index >= 15 is 0 Å². The van der Waals surface area contributed by atoms with Gasteiger partial charge in [-0.1, -0.05) is 35.9 Å². The van der Waals surface area contributed by atoms with Crippen LogP contribution in [0.3, 0.4) is 0 Å². The Morgan fingerprint density at radius 3 is 2.64 bits per heavy atom. The first-order valence-corrected chi connectivity index (χ1v) is 9.94. The van der Waals surface area contributed by atoms with Crippen LogP contribution in [0.2, 0.25) is 5.02 Å². The number of fused-ring (bicyclic) bond motifs is 1. The predicted octanol–water partition coefficient (Wildman–Crippen LogP) is 3.14. The lowest BCUT2D eigenvalue weighted by molar-refractivity contribution is 0.135. The van der Waals surface area contributed by atoms with E-state index in [1.54, 1.807) is 0 Å². The fraction of sp³-hybridized carbons (Fsp3) is 0.381. The Morgan fingerprint density at radius 2 is 1.82 bits per heavy atom. The molecule has 0 unspecified atom stereocenters. The number of hydrogen-bond acceptors (Lipinski definition) is 4. The van der Waals surface area contributed by atoms with Crippen molar-refractivity contribution >= 4 is 17.6 Å². The van der Waals surface area contributed by atoms with E-state index in [1.807, 2.05) is 41.3 Å². The molecule has 2 heterocycles. The van der Waals surface area contributed by atoms with Gasteiger partial charge >= 0.3 is 6.03 Å². The van der Waals surface area contributed by atoms with Crippen molar-refractivity contribution in [3.8, 4) is 11.5 Å². The number of nitrogens with one attached hydrogen (secondary N) is 1. The molecular weight excluding hydrogens is 378 g/mol. The molecule has 28 heavy (non-hydrogen) atoms. The summed E-state index contributed by atoms with van der Waals surface area (Å²) in [6.07, 6.45) is 0.732. The highest BCUT2D eigenvalue weighted by atomic mass is 35.5. The molecule has 0 aliphatic carbocycles. The number of carbonyl (C=O) groups is 1. The highest BCUT2D eigenvalue weighted by molar-refractivity contribution is 6.31. The molecule has 0 spiro atoms. The van der Waals surface area contributed by atoms with Gasteiger partial charge in [0, 0.05) is 44.3 Å². The Morgan fingerprint density at radius 1 is 1.04 bits per heavy atom. The number of urea groups is 1. The Balaban J connectivity index is 1.20. The molecule has 0 saturated carbocycles. The number of halogens is 1. The van der Waals surface area contributed by atoms with Gasteiger partial charge in [0.1, 0.15) is 0 Å². The molecule has 2 aromatic carbocycles. The molecule has 7 heteroatoms. The van der Waals surface area contributed by atoms with Crippen molar-refractivity contribution in [1.82, 2.24) is 15.1 Å². The fourth-order valence-corrected chi connectivity index (χ4v) is 3.75. The summed E-state index contributed by atoms with van der Waals surface area (Å²) in [6.45, 7) is 4.88. The maximum Gasteiger partial charge on any atom is 0.317 e. The van der Waals surface area contributed by atoms with Crippen molar-refractivity contribution < 1.29 is 14.3 Å². The summed E-state index contributed by atoms with van der Waals surface area (Å²) in [5.41, 5.74) is 2.25. The van der Waals surface area contributed by atoms with E-state index in [0.29, 0.717) is 13.3 Å². The summed E-state index contributed by atoms with van der Waals surface area (Å²) >= 11 is 6.16. The molecule has 6 nitrogen and oxygen atoms in total. The molecule has 2 amide bonds. The summed E-state index contributed by atoms with van der Waals surface area (Å²) in [5, 5.41) is 3.74. The average molecular weight is 402 g/mol. The van der Waals surface area contributed by atoms with Crippen LogP contribution in [0, 0.1) is 0 Å². The normalized spacial score (nSPS) is 16.2. The molecule has 4 rings (SSSR count). The molecule has 0 atom stereocenters. The third kappa shape index (κ3) is 4.51. The minimum Gasteiger partial charge on any atom is -0.454 e. The van der Waals surface area contributed by atoms with Crippen molar-refractivity contribution in [3.05, 3.63) is 58.6 Å². The molecule has 2 aliphatic rings. The van der Waals surface area contributed by atoms with Gasteiger partial charge in [0.2, 0.25) is 6.79 Å². The van der Waals surface area contributed by atoms with E-state index in [-0.39, 0.29) is 6.03 Å². The smallest absolute Gasteiger partial charge is 0.317 e. The number of piperazine rings is 1. The maximum atomic E-state index is 12.4. The molecule has 0 bridgehead atoms. The lowest BCUT2D eigenvalue weighted by Gasteiger charge is -2.34. The zero-order valence-electron chi connectivity index (χ0n) is 15.7. The van der Waals surface area contributed by atoms with Crippen molar-refractivity contribution in [2.75, 3.05) is 39.5 Å². The van der Waals surface area contributed by atoms with E-state index in [2.05, 4.69) is 16.3 Å². The molecule has 148 valence electrons. The van der Waals surface area contributed by atoms with Gasteiger partial charge in [-0.2, -0.15) is 0 Å². The molecule has 1 saturated heterocycles. The fourth-order valence-electron chi connectivity index (χ4n) is 3.52. The Hall–Kier alpha value is -2.44. The molecule has 2 aliphatic heterocycles. The highest BCUT2D eigenvalue weighted by Crippen LogP contribution is 2.32. The van der Waals surface area contributed by atoms with Gasteiger partial charge in [0.25, 0.3) is 0 Å². The number of rotatable bonds is 5. The second kappa shape index (κ2) is 8.71. The number of carbonyl (C=O) groups excluding carboxylic acids is 1. The quantitative estimate of drug-likeness (QED) is 0.836. The Kier molecular flexibility index (Phi) is 5.88. The summed E-state index contributed by atoms with van der Waals surface area (Å²) in [5.74, 6) is 1.62. The zero-order chi connectivity index (χ0) is 19.3. The van der Waals surface area contributed by atoms with Crippen LogP contribution in [-0.4, -0.2) is 55.3 Å². The number of amides is 2. The van der Waals surface area contributed by atoms with E-state index < -0.39 is 0 Å². The zero-order valence-corrected chi connectivity index (χ0v) is 16.5. The summed E-state index contributed by atoms with van der Waals surface area (Å²) in [6, 6.07) is 13.8. The monoisotopic (exact) mass is 401 g/mol. The molecule has 0 aromatic heterocycles. The van der Waals surface area contributed by atoms with E-state index in [9.17, 15) is 4.79 Å². The van der Waals surface area contributed by atoms with Gasteiger partial charge in [-0.25, -0.2) is 4.79 Å². The van der Waals surface area contributed by atoms with Gasteiger partial charge in [-0.15, -0.1) is 0 Å². The van der Waals surface area contributed by atoms with E-state index in [0.717, 1.165) is 61.2 Å². The first-order chi connectivity index (χ1) is 13.7. The van der Waals surface area contributed by atoms with Crippen LogP contribution in [0.4, 0.5) is 4.79 Å². The lowest BCUT2D eigenvalue weighted by atomic mass is 10.1. The second-order valence-corrected chi connectivity index (χ2v) is 7.43. The summed E-state index contributed by atoms with van der Waals surface area (Å²) < 4.78 is 10.8. The van der Waals surface area contributed by atoms with Crippen LogP contribution >= 0.6 is 11.6 Å². The maximum absolute atomic E-state index is 12.4. The Labute approximate surface area is 170 Å². The molecule has 0 radical (unpaired) electrons. The standard InChI is InChI=1S/C21H24ClN3O3/c22-18-4-2-1-3-17(18)7-8-23-21(26)25-11-9-24(10-12-25)14-16-5-6-19-20(13-16)28-15-27-19/h1-6,13H,7-12,14-15H2,(H,23,26). The van der Waals surface area contributed by atoms with Gasteiger partial charge in [0.05, 0.1) is 0 Å². The summed E-state index contributed by atoms with van der Waals surface area (Å²) in [7, 11) is 0. The lowest BCUT2D eigenvalue weighted by Crippen LogP contribution is -2.51. The first-order valence-electron chi connectivity index (χ1n) is 9.56. The van der Waals surface area contributed by atoms with Crippen LogP contribution in [-0.2, 0) is 13.0 Å². The van der Waals surface area contributed by atoms with Crippen LogP contribution in [0.5, 0.6) is 11.5 Å². The van der Waals surface area contributed by atoms with Crippen molar-refractivity contribution in [3.63, 3.8) is 0 Å². The van der Waals surface area contributed by atoms with Crippen LogP contribution < -0.4 is 14.8 Å². The minimum atomic E-state index is -0.00483. The summed E-state index contributed by atoms with van der Waals surface area (Å²) in [4.78, 5) is 16.6. The number of ether oxygens (including phenoxy) is 2. The third-order valence-corrected chi connectivity index (χ3v) is 5.50. The predicted molar refractivity (Wildman–Crippen MR) is 108 cm³/mol. The topological polar surface area (TPSA) is 54.0 Å². The Bertz CT molecular complexity index is 837. The molecule has 1 N–H and O–H groups in total. The number of benzene rings is 2. The van der Waals surface area contributed by atoms with Gasteiger partial charge in [0.15, 0.2) is 11.5 Å². The second-order valence-electron chi connectivity index (χ2n) is 7.02. The van der Waals surface area contributed by atoms with Crippen molar-refractivity contribution in [2.24, 2.45) is 0 Å². The van der Waals surface area contributed by atoms with Crippen molar-refractivity contribution in [2.45, 2.75) is 13.0 Å². The SMILES string of the molecule is O=C(NCCc1ccccc1Cl)N1CCN(Cc2ccc3c(c2)OCO3)CC1. The molecule has 1 fully saturated rings. The van der Waals surface area contributed by atoms with Gasteiger partial charge < -0.3 is 19.7 Å². The highest BCUT2D eigenvalue weighted by Gasteiger charge is 2.21. The first kappa shape index (κ1) is 18.9. The van der Waals surface area contributed by atoms with Crippen LogP contribution in [0.15, 0.2) is 42.5 Å². The van der Waals surface area contributed by atoms with E-state index in [1.165, 1.54) is 5.56 Å². The van der Waals surface area contributed by atoms with Gasteiger partial charge in [-0.3, -0.25) is 4.90 Å². The molecular formula is C21H24ClN3O3. The largest absolute Gasteiger partial charge is 0.454 e. The number of hydrogen-bond donors (Lipinski definition) is 1. The minimum absolute atomic E-state index is 0.00483. The number of nitrogens with zero attached hydrogens (tertiary/aromatic N) is 2. The molecule has 2 aromatic rings. The van der Waals surface area contributed by atoms with Crippen LogP contribution in [0.1, 0.15) is 11.1 Å². The van der Waals surface area contributed by atoms with Crippen molar-refractivity contribution in [1.29, 1.82) is 0 Å². The third-order valence-electron chi connectivity index (χ3n) is 5.13. The average Bonchev–Trinajstić information content (AvgIpc) is 3.18.